The number of carbonyl (C=O) groups excluding carboxylic acids is 1. The highest BCUT2D eigenvalue weighted by Gasteiger charge is 2.61. The topological polar surface area (TPSA) is 37.3 Å². The van der Waals surface area contributed by atoms with Gasteiger partial charge in [0.25, 0.3) is 0 Å². The van der Waals surface area contributed by atoms with Crippen LogP contribution >= 0.6 is 0 Å². The number of carbonyl (C=O) groups is 1. The van der Waals surface area contributed by atoms with Crippen LogP contribution in [0.2, 0.25) is 0 Å². The van der Waals surface area contributed by atoms with E-state index in [-0.39, 0.29) is 11.5 Å². The summed E-state index contributed by atoms with van der Waals surface area (Å²) >= 11 is 0. The molecule has 8 atom stereocenters. The molecule has 0 spiro atoms. The van der Waals surface area contributed by atoms with E-state index >= 15 is 0 Å². The fourth-order valence-electron chi connectivity index (χ4n) is 7.82. The molecule has 1 N–H and O–H groups in total. The van der Waals surface area contributed by atoms with Crippen LogP contribution in [0.25, 0.3) is 0 Å². The number of Topliss-reactive ketones (excluding diaryl/α,β-unsaturated/α-hetero) is 1. The van der Waals surface area contributed by atoms with Gasteiger partial charge >= 0.3 is 0 Å². The van der Waals surface area contributed by atoms with Crippen LogP contribution in [0.4, 0.5) is 0 Å². The predicted molar refractivity (Wildman–Crippen MR) is 91.9 cm³/mol. The van der Waals surface area contributed by atoms with Crippen molar-refractivity contribution in [2.45, 2.75) is 84.7 Å². The Morgan fingerprint density at radius 1 is 1.04 bits per heavy atom. The Bertz CT molecular complexity index is 500. The number of ketones is 1. The summed E-state index contributed by atoms with van der Waals surface area (Å²) in [6.45, 7) is 7.17. The fourth-order valence-corrected chi connectivity index (χ4v) is 7.82. The van der Waals surface area contributed by atoms with Gasteiger partial charge in [-0.3, -0.25) is 4.79 Å². The second-order valence-electron chi connectivity index (χ2n) is 9.76. The van der Waals surface area contributed by atoms with Gasteiger partial charge in [-0.05, 0) is 85.9 Å². The van der Waals surface area contributed by atoms with Crippen LogP contribution in [0.15, 0.2) is 0 Å². The summed E-state index contributed by atoms with van der Waals surface area (Å²) in [5.74, 6) is 3.82. The molecule has 4 aliphatic rings. The molecule has 0 aromatic heterocycles. The van der Waals surface area contributed by atoms with Gasteiger partial charge in [0.15, 0.2) is 0 Å². The van der Waals surface area contributed by atoms with Gasteiger partial charge in [0.05, 0.1) is 6.10 Å². The average Bonchev–Trinajstić information content (AvgIpc) is 2.77. The van der Waals surface area contributed by atoms with E-state index in [1.54, 1.807) is 0 Å². The van der Waals surface area contributed by atoms with Gasteiger partial charge in [-0.25, -0.2) is 0 Å². The summed E-state index contributed by atoms with van der Waals surface area (Å²) in [5.41, 5.74) is 0.710. The minimum atomic E-state index is -0.0592. The Hall–Kier alpha value is -0.370. The number of aliphatic hydroxyl groups excluding tert-OH is 1. The first-order valence-electron chi connectivity index (χ1n) is 10.1. The van der Waals surface area contributed by atoms with E-state index < -0.39 is 0 Å². The minimum Gasteiger partial charge on any atom is -0.393 e. The van der Waals surface area contributed by atoms with Crippen molar-refractivity contribution in [3.8, 4) is 0 Å². The Kier molecular flexibility index (Phi) is 3.72. The molecule has 0 aliphatic heterocycles. The van der Waals surface area contributed by atoms with E-state index in [0.717, 1.165) is 43.4 Å². The lowest BCUT2D eigenvalue weighted by atomic mass is 9.44. The summed E-state index contributed by atoms with van der Waals surface area (Å²) in [7, 11) is 0. The molecule has 0 saturated heterocycles. The standard InChI is InChI=1S/C21H34O2/c1-4-16-19(23)12-18-15-6-5-13-11-14(22)7-9-20(13,2)17(15)8-10-21(16,18)3/h13-18,22H,4-12H2,1-3H3/t13-,14-,15+,16-,17-,18-,20-,21+/m0/s1. The van der Waals surface area contributed by atoms with Gasteiger partial charge < -0.3 is 5.11 Å². The fraction of sp³-hybridized carbons (Fsp3) is 0.952. The zero-order valence-corrected chi connectivity index (χ0v) is 15.2. The molecule has 4 fully saturated rings. The molecule has 130 valence electrons. The van der Waals surface area contributed by atoms with Crippen molar-refractivity contribution in [1.29, 1.82) is 0 Å². The first-order chi connectivity index (χ1) is 10.9. The molecule has 2 heteroatoms. The van der Waals surface area contributed by atoms with E-state index in [4.69, 9.17) is 0 Å². The SMILES string of the molecule is CC[C@H]1C(=O)C[C@H]2[C@@H]3CC[C@H]4C[C@@H](O)CC[C@]4(C)[C@H]3CC[C@]12C. The average molecular weight is 319 g/mol. The molecule has 0 aromatic carbocycles. The van der Waals surface area contributed by atoms with E-state index in [9.17, 15) is 9.90 Å². The first-order valence-corrected chi connectivity index (χ1v) is 10.1. The Labute approximate surface area is 141 Å². The van der Waals surface area contributed by atoms with Gasteiger partial charge in [-0.2, -0.15) is 0 Å². The highest BCUT2D eigenvalue weighted by atomic mass is 16.3. The highest BCUT2D eigenvalue weighted by molar-refractivity contribution is 5.84. The summed E-state index contributed by atoms with van der Waals surface area (Å²) < 4.78 is 0. The van der Waals surface area contributed by atoms with E-state index in [1.807, 2.05) is 0 Å². The second-order valence-corrected chi connectivity index (χ2v) is 9.76. The van der Waals surface area contributed by atoms with Gasteiger partial charge in [-0.15, -0.1) is 0 Å². The quantitative estimate of drug-likeness (QED) is 0.767. The van der Waals surface area contributed by atoms with Gasteiger partial charge in [-0.1, -0.05) is 20.8 Å². The van der Waals surface area contributed by atoms with Crippen LogP contribution in [0.5, 0.6) is 0 Å². The van der Waals surface area contributed by atoms with Gasteiger partial charge in [0.2, 0.25) is 0 Å². The van der Waals surface area contributed by atoms with Crippen LogP contribution < -0.4 is 0 Å². The lowest BCUT2D eigenvalue weighted by molar-refractivity contribution is -0.128. The molecule has 0 heterocycles. The normalized spacial score (nSPS) is 55.9. The minimum absolute atomic E-state index is 0.0592. The Morgan fingerprint density at radius 2 is 1.78 bits per heavy atom. The molecular formula is C21H34O2. The van der Waals surface area contributed by atoms with Crippen molar-refractivity contribution in [2.24, 2.45) is 40.4 Å². The van der Waals surface area contributed by atoms with Crippen LogP contribution in [0.3, 0.4) is 0 Å². The summed E-state index contributed by atoms with van der Waals surface area (Å²) in [6, 6.07) is 0. The highest BCUT2D eigenvalue weighted by Crippen LogP contribution is 2.67. The molecule has 4 saturated carbocycles. The maximum absolute atomic E-state index is 12.6. The second kappa shape index (κ2) is 5.31. The Morgan fingerprint density at radius 3 is 2.52 bits per heavy atom. The van der Waals surface area contributed by atoms with Gasteiger partial charge in [0, 0.05) is 12.3 Å². The molecule has 2 nitrogen and oxygen atoms in total. The van der Waals surface area contributed by atoms with E-state index in [0.29, 0.717) is 23.0 Å². The first kappa shape index (κ1) is 16.1. The van der Waals surface area contributed by atoms with Gasteiger partial charge in [0.1, 0.15) is 5.78 Å². The van der Waals surface area contributed by atoms with Crippen molar-refractivity contribution in [1.82, 2.24) is 0 Å². The zero-order chi connectivity index (χ0) is 16.4. The third-order valence-electron chi connectivity index (χ3n) is 9.09. The van der Waals surface area contributed by atoms with Crippen molar-refractivity contribution in [2.75, 3.05) is 0 Å². The lowest BCUT2D eigenvalue weighted by Gasteiger charge is -2.60. The van der Waals surface area contributed by atoms with Crippen LogP contribution in [0.1, 0.15) is 78.6 Å². The molecular weight excluding hydrogens is 284 g/mol. The van der Waals surface area contributed by atoms with Crippen molar-refractivity contribution in [3.05, 3.63) is 0 Å². The monoisotopic (exact) mass is 318 g/mol. The van der Waals surface area contributed by atoms with Crippen LogP contribution in [0, 0.1) is 40.4 Å². The molecule has 23 heavy (non-hydrogen) atoms. The van der Waals surface area contributed by atoms with E-state index in [1.165, 1.54) is 32.1 Å². The summed E-state index contributed by atoms with van der Waals surface area (Å²) in [6.07, 6.45) is 10.2. The maximum Gasteiger partial charge on any atom is 0.136 e. The largest absolute Gasteiger partial charge is 0.393 e. The molecule has 0 amide bonds. The number of hydrogen-bond acceptors (Lipinski definition) is 2. The summed E-state index contributed by atoms with van der Waals surface area (Å²) in [5, 5.41) is 10.1. The number of hydrogen-bond donors (Lipinski definition) is 1. The van der Waals surface area contributed by atoms with Crippen LogP contribution in [-0.2, 0) is 4.79 Å². The van der Waals surface area contributed by atoms with Crippen molar-refractivity contribution < 1.29 is 9.90 Å². The lowest BCUT2D eigenvalue weighted by Crippen LogP contribution is -2.53. The molecule has 0 bridgehead atoms. The van der Waals surface area contributed by atoms with E-state index in [2.05, 4.69) is 20.8 Å². The summed E-state index contributed by atoms with van der Waals surface area (Å²) in [4.78, 5) is 12.6. The van der Waals surface area contributed by atoms with Crippen molar-refractivity contribution >= 4 is 5.78 Å². The number of fused-ring (bicyclic) bond motifs is 5. The zero-order valence-electron chi connectivity index (χ0n) is 15.2. The maximum atomic E-state index is 12.6. The number of aliphatic hydroxyl groups is 1. The molecule has 0 unspecified atom stereocenters. The predicted octanol–water partition coefficient (Wildman–Crippen LogP) is 4.60. The molecule has 0 radical (unpaired) electrons. The third-order valence-corrected chi connectivity index (χ3v) is 9.09. The molecule has 4 aliphatic carbocycles. The van der Waals surface area contributed by atoms with Crippen molar-refractivity contribution in [3.63, 3.8) is 0 Å². The molecule has 4 rings (SSSR count). The molecule has 0 aromatic rings. The third kappa shape index (κ3) is 2.12. The Balaban J connectivity index is 1.64. The number of rotatable bonds is 1. The smallest absolute Gasteiger partial charge is 0.136 e. The van der Waals surface area contributed by atoms with Crippen LogP contribution in [-0.4, -0.2) is 17.0 Å².